The summed E-state index contributed by atoms with van der Waals surface area (Å²) >= 11 is 0. The van der Waals surface area contributed by atoms with E-state index in [1.165, 1.54) is 0 Å². The minimum Gasteiger partial charge on any atom is -0.362 e. The van der Waals surface area contributed by atoms with Crippen LogP contribution in [0.15, 0.2) is 67.0 Å². The normalized spacial score (nSPS) is 11.0. The van der Waals surface area contributed by atoms with Gasteiger partial charge >= 0.3 is 0 Å². The van der Waals surface area contributed by atoms with Gasteiger partial charge in [-0.3, -0.25) is 0 Å². The summed E-state index contributed by atoms with van der Waals surface area (Å²) in [4.78, 5) is 16.3. The van der Waals surface area contributed by atoms with E-state index in [4.69, 9.17) is 15.0 Å². The van der Waals surface area contributed by atoms with Gasteiger partial charge in [0.2, 0.25) is 0 Å². The Balaban J connectivity index is 1.59. The minimum atomic E-state index is 0.758. The van der Waals surface area contributed by atoms with Crippen molar-refractivity contribution >= 4 is 16.7 Å². The summed E-state index contributed by atoms with van der Waals surface area (Å²) in [6, 6.07) is 18.3. The van der Waals surface area contributed by atoms with Crippen LogP contribution in [-0.4, -0.2) is 33.6 Å². The van der Waals surface area contributed by atoms with Gasteiger partial charge in [0.1, 0.15) is 17.5 Å². The van der Waals surface area contributed by atoms with E-state index >= 15 is 0 Å². The number of nitrogens with zero attached hydrogens (tertiary/aromatic N) is 5. The highest BCUT2D eigenvalue weighted by Crippen LogP contribution is 2.22. The van der Waals surface area contributed by atoms with E-state index in [2.05, 4.69) is 12.1 Å². The van der Waals surface area contributed by atoms with Gasteiger partial charge in [-0.2, -0.15) is 0 Å². The van der Waals surface area contributed by atoms with Crippen LogP contribution in [0.4, 0.5) is 5.82 Å². The molecular formula is C21H21N5. The van der Waals surface area contributed by atoms with Crippen molar-refractivity contribution in [2.24, 2.45) is 0 Å². The van der Waals surface area contributed by atoms with Crippen molar-refractivity contribution in [3.05, 3.63) is 78.5 Å². The second-order valence-corrected chi connectivity index (χ2v) is 6.45. The van der Waals surface area contributed by atoms with Crippen molar-refractivity contribution in [2.45, 2.75) is 12.8 Å². The quantitative estimate of drug-likeness (QED) is 0.555. The molecule has 0 aliphatic rings. The second kappa shape index (κ2) is 6.96. The number of fused-ring (bicyclic) bond motifs is 1. The third-order valence-corrected chi connectivity index (χ3v) is 4.32. The van der Waals surface area contributed by atoms with Gasteiger partial charge in [0.05, 0.1) is 5.52 Å². The molecule has 0 atom stereocenters. The molecule has 0 saturated carbocycles. The average molecular weight is 343 g/mol. The molecule has 0 N–H and O–H groups in total. The predicted octanol–water partition coefficient (Wildman–Crippen LogP) is 3.67. The van der Waals surface area contributed by atoms with Crippen molar-refractivity contribution in [1.82, 2.24) is 19.5 Å². The maximum absolute atomic E-state index is 4.77. The van der Waals surface area contributed by atoms with E-state index in [1.54, 1.807) is 0 Å². The van der Waals surface area contributed by atoms with Crippen LogP contribution in [0.2, 0.25) is 0 Å². The third kappa shape index (κ3) is 3.28. The SMILES string of the molecule is CN(C)c1nc(CCc2cccc(-n3cccc3)n2)nc2ccccc12. The third-order valence-electron chi connectivity index (χ3n) is 4.32. The zero-order valence-electron chi connectivity index (χ0n) is 15.0. The summed E-state index contributed by atoms with van der Waals surface area (Å²) in [6.07, 6.45) is 5.57. The lowest BCUT2D eigenvalue weighted by Crippen LogP contribution is -2.13. The maximum Gasteiger partial charge on any atom is 0.139 e. The van der Waals surface area contributed by atoms with E-state index in [0.29, 0.717) is 0 Å². The molecule has 5 heteroatoms. The molecule has 0 fully saturated rings. The summed E-state index contributed by atoms with van der Waals surface area (Å²) in [7, 11) is 4.03. The van der Waals surface area contributed by atoms with Crippen LogP contribution >= 0.6 is 0 Å². The van der Waals surface area contributed by atoms with Crippen LogP contribution in [0.5, 0.6) is 0 Å². The van der Waals surface area contributed by atoms with Gasteiger partial charge in [0.25, 0.3) is 0 Å². The summed E-state index contributed by atoms with van der Waals surface area (Å²) in [5.41, 5.74) is 2.02. The molecule has 0 spiro atoms. The van der Waals surface area contributed by atoms with Gasteiger partial charge in [-0.15, -0.1) is 0 Å². The molecule has 0 aliphatic carbocycles. The van der Waals surface area contributed by atoms with Gasteiger partial charge in [0, 0.05) is 44.0 Å². The first kappa shape index (κ1) is 16.3. The predicted molar refractivity (Wildman–Crippen MR) is 105 cm³/mol. The van der Waals surface area contributed by atoms with Crippen LogP contribution in [0.25, 0.3) is 16.7 Å². The lowest BCUT2D eigenvalue weighted by molar-refractivity contribution is 0.831. The van der Waals surface area contributed by atoms with Gasteiger partial charge in [-0.05, 0) is 42.8 Å². The molecule has 3 heterocycles. The number of pyridine rings is 1. The number of aromatic nitrogens is 4. The fraction of sp³-hybridized carbons (Fsp3) is 0.190. The fourth-order valence-corrected chi connectivity index (χ4v) is 3.04. The number of aryl methyl sites for hydroxylation is 2. The highest BCUT2D eigenvalue weighted by atomic mass is 15.2. The molecule has 4 aromatic rings. The van der Waals surface area contributed by atoms with Crippen LogP contribution in [0.3, 0.4) is 0 Å². The van der Waals surface area contributed by atoms with Crippen molar-refractivity contribution in [2.75, 3.05) is 19.0 Å². The number of anilines is 1. The van der Waals surface area contributed by atoms with E-state index in [0.717, 1.165) is 46.9 Å². The zero-order valence-corrected chi connectivity index (χ0v) is 15.0. The van der Waals surface area contributed by atoms with E-state index in [1.807, 2.05) is 78.4 Å². The molecule has 26 heavy (non-hydrogen) atoms. The molecular weight excluding hydrogens is 322 g/mol. The Labute approximate surface area is 153 Å². The number of rotatable bonds is 5. The van der Waals surface area contributed by atoms with E-state index in [9.17, 15) is 0 Å². The standard InChI is InChI=1S/C21H21N5/c1-25(2)21-17-9-3-4-10-18(17)23-19(24-21)13-12-16-8-7-11-20(22-16)26-14-5-6-15-26/h3-11,14-15H,12-13H2,1-2H3. The molecule has 0 radical (unpaired) electrons. The van der Waals surface area contributed by atoms with E-state index in [-0.39, 0.29) is 0 Å². The minimum absolute atomic E-state index is 0.758. The molecule has 3 aromatic heterocycles. The molecule has 0 saturated heterocycles. The number of hydrogen-bond acceptors (Lipinski definition) is 4. The van der Waals surface area contributed by atoms with Gasteiger partial charge < -0.3 is 9.47 Å². The summed E-state index contributed by atoms with van der Waals surface area (Å²) in [5, 5.41) is 1.08. The first-order chi connectivity index (χ1) is 12.7. The van der Waals surface area contributed by atoms with Gasteiger partial charge in [-0.1, -0.05) is 18.2 Å². The lowest BCUT2D eigenvalue weighted by Gasteiger charge is -2.15. The fourth-order valence-electron chi connectivity index (χ4n) is 3.04. The maximum atomic E-state index is 4.77. The smallest absolute Gasteiger partial charge is 0.139 e. The van der Waals surface area contributed by atoms with Crippen LogP contribution in [0, 0.1) is 0 Å². The summed E-state index contributed by atoms with van der Waals surface area (Å²) < 4.78 is 2.01. The Morgan fingerprint density at radius 2 is 1.62 bits per heavy atom. The topological polar surface area (TPSA) is 46.8 Å². The molecule has 4 rings (SSSR count). The Hall–Kier alpha value is -3.21. The summed E-state index contributed by atoms with van der Waals surface area (Å²) in [5.74, 6) is 2.74. The largest absolute Gasteiger partial charge is 0.362 e. The van der Waals surface area contributed by atoms with Gasteiger partial charge in [-0.25, -0.2) is 15.0 Å². The lowest BCUT2D eigenvalue weighted by atomic mass is 10.2. The molecule has 130 valence electrons. The monoisotopic (exact) mass is 343 g/mol. The Morgan fingerprint density at radius 3 is 2.42 bits per heavy atom. The molecule has 0 amide bonds. The zero-order chi connectivity index (χ0) is 17.9. The number of benzene rings is 1. The molecule has 0 bridgehead atoms. The van der Waals surface area contributed by atoms with Crippen LogP contribution in [-0.2, 0) is 12.8 Å². The van der Waals surface area contributed by atoms with Crippen molar-refractivity contribution in [1.29, 1.82) is 0 Å². The molecule has 1 aromatic carbocycles. The Bertz CT molecular complexity index is 1020. The highest BCUT2D eigenvalue weighted by molar-refractivity contribution is 5.89. The Morgan fingerprint density at radius 1 is 0.808 bits per heavy atom. The summed E-state index contributed by atoms with van der Waals surface area (Å²) in [6.45, 7) is 0. The van der Waals surface area contributed by atoms with E-state index < -0.39 is 0 Å². The van der Waals surface area contributed by atoms with Crippen molar-refractivity contribution in [3.8, 4) is 5.82 Å². The molecule has 0 aliphatic heterocycles. The first-order valence-corrected chi connectivity index (χ1v) is 8.73. The second-order valence-electron chi connectivity index (χ2n) is 6.45. The van der Waals surface area contributed by atoms with Crippen LogP contribution in [0.1, 0.15) is 11.5 Å². The van der Waals surface area contributed by atoms with Crippen LogP contribution < -0.4 is 4.90 Å². The van der Waals surface area contributed by atoms with Crippen molar-refractivity contribution in [3.63, 3.8) is 0 Å². The highest BCUT2D eigenvalue weighted by Gasteiger charge is 2.10. The Kier molecular flexibility index (Phi) is 4.35. The number of hydrogen-bond donors (Lipinski definition) is 0. The number of para-hydroxylation sites is 1. The first-order valence-electron chi connectivity index (χ1n) is 8.73. The average Bonchev–Trinajstić information content (AvgIpc) is 3.20. The molecule has 0 unspecified atom stereocenters. The van der Waals surface area contributed by atoms with Gasteiger partial charge in [0.15, 0.2) is 0 Å². The van der Waals surface area contributed by atoms with Crippen molar-refractivity contribution < 1.29 is 0 Å². The molecule has 5 nitrogen and oxygen atoms in total.